The smallest absolute Gasteiger partial charge is 0.253 e. The Labute approximate surface area is 209 Å². The number of rotatable bonds is 8. The number of benzene rings is 1. The van der Waals surface area contributed by atoms with Gasteiger partial charge in [-0.15, -0.1) is 0 Å². The van der Waals surface area contributed by atoms with Gasteiger partial charge in [0.25, 0.3) is 5.88 Å². The SMILES string of the molecule is C=C(NOc1ncnc(N2CCC(c3nc(C(C)C)no3)CC2)c1C)c1ccc(S(C)(=O)=O)cc1F. The van der Waals surface area contributed by atoms with E-state index in [9.17, 15) is 12.8 Å². The first-order valence-corrected chi connectivity index (χ1v) is 13.5. The molecule has 1 N–H and O–H groups in total. The molecule has 0 radical (unpaired) electrons. The van der Waals surface area contributed by atoms with Crippen LogP contribution in [0.4, 0.5) is 10.2 Å². The number of sulfone groups is 1. The van der Waals surface area contributed by atoms with E-state index in [-0.39, 0.29) is 33.9 Å². The molecule has 1 saturated heterocycles. The van der Waals surface area contributed by atoms with Crippen molar-refractivity contribution in [2.24, 2.45) is 0 Å². The van der Waals surface area contributed by atoms with E-state index in [1.54, 1.807) is 0 Å². The lowest BCUT2D eigenvalue weighted by Gasteiger charge is -2.32. The van der Waals surface area contributed by atoms with Gasteiger partial charge in [-0.3, -0.25) is 0 Å². The Kier molecular flexibility index (Phi) is 7.25. The Bertz CT molecular complexity index is 1370. The highest BCUT2D eigenvalue weighted by Crippen LogP contribution is 2.32. The number of hydrogen-bond acceptors (Lipinski definition) is 10. The van der Waals surface area contributed by atoms with Gasteiger partial charge < -0.3 is 14.3 Å². The van der Waals surface area contributed by atoms with Crippen molar-refractivity contribution in [2.45, 2.75) is 50.3 Å². The van der Waals surface area contributed by atoms with E-state index in [1.165, 1.54) is 18.5 Å². The Morgan fingerprint density at radius 1 is 1.28 bits per heavy atom. The van der Waals surface area contributed by atoms with Gasteiger partial charge in [0.05, 0.1) is 16.2 Å². The van der Waals surface area contributed by atoms with Crippen LogP contribution in [0, 0.1) is 12.7 Å². The number of nitrogens with one attached hydrogen (secondary N) is 1. The lowest BCUT2D eigenvalue weighted by atomic mass is 9.96. The first-order valence-electron chi connectivity index (χ1n) is 11.6. The molecule has 0 aliphatic carbocycles. The molecule has 0 unspecified atom stereocenters. The summed E-state index contributed by atoms with van der Waals surface area (Å²) in [5, 5.41) is 4.07. The van der Waals surface area contributed by atoms with Crippen LogP contribution < -0.4 is 15.2 Å². The Morgan fingerprint density at radius 2 is 2.00 bits per heavy atom. The molecule has 192 valence electrons. The van der Waals surface area contributed by atoms with Gasteiger partial charge in [0.1, 0.15) is 18.0 Å². The van der Waals surface area contributed by atoms with Gasteiger partial charge in [-0.25, -0.2) is 23.3 Å². The summed E-state index contributed by atoms with van der Waals surface area (Å²) in [5.74, 6) is 2.11. The Balaban J connectivity index is 1.40. The third-order valence-electron chi connectivity index (χ3n) is 6.09. The molecule has 12 heteroatoms. The van der Waals surface area contributed by atoms with E-state index >= 15 is 0 Å². The summed E-state index contributed by atoms with van der Waals surface area (Å²) in [6.07, 6.45) is 4.11. The topological polar surface area (TPSA) is 123 Å². The first kappa shape index (κ1) is 25.5. The maximum Gasteiger partial charge on any atom is 0.253 e. The minimum absolute atomic E-state index is 0.0815. The average Bonchev–Trinajstić information content (AvgIpc) is 3.33. The molecule has 1 fully saturated rings. The molecule has 2 aromatic heterocycles. The highest BCUT2D eigenvalue weighted by atomic mass is 32.2. The summed E-state index contributed by atoms with van der Waals surface area (Å²) < 4.78 is 43.2. The van der Waals surface area contributed by atoms with E-state index in [2.05, 4.69) is 37.1 Å². The van der Waals surface area contributed by atoms with Crippen LogP contribution in [0.25, 0.3) is 5.70 Å². The van der Waals surface area contributed by atoms with Crippen molar-refractivity contribution < 1.29 is 22.2 Å². The fraction of sp³-hybridized carbons (Fsp3) is 0.417. The summed E-state index contributed by atoms with van der Waals surface area (Å²) >= 11 is 0. The van der Waals surface area contributed by atoms with Crippen molar-refractivity contribution in [3.8, 4) is 5.88 Å². The molecule has 10 nitrogen and oxygen atoms in total. The minimum Gasteiger partial charge on any atom is -0.361 e. The molecule has 1 aliphatic heterocycles. The normalized spacial score (nSPS) is 14.8. The molecule has 0 spiro atoms. The molecule has 0 saturated carbocycles. The van der Waals surface area contributed by atoms with Gasteiger partial charge in [-0.05, 0) is 38.0 Å². The molecule has 0 amide bonds. The van der Waals surface area contributed by atoms with Gasteiger partial charge >= 0.3 is 0 Å². The second kappa shape index (κ2) is 10.2. The van der Waals surface area contributed by atoms with Crippen LogP contribution in [0.1, 0.15) is 61.4 Å². The van der Waals surface area contributed by atoms with Crippen LogP contribution in [0.3, 0.4) is 0 Å². The monoisotopic (exact) mass is 516 g/mol. The summed E-state index contributed by atoms with van der Waals surface area (Å²) in [6, 6.07) is 3.60. The third-order valence-corrected chi connectivity index (χ3v) is 7.20. The van der Waals surface area contributed by atoms with Gasteiger partial charge in [-0.1, -0.05) is 25.6 Å². The Hall–Kier alpha value is -3.54. The zero-order valence-corrected chi connectivity index (χ0v) is 21.5. The summed E-state index contributed by atoms with van der Waals surface area (Å²) in [4.78, 5) is 20.8. The molecule has 1 aromatic carbocycles. The quantitative estimate of drug-likeness (QED) is 0.443. The maximum absolute atomic E-state index is 14.5. The predicted molar refractivity (Wildman–Crippen MR) is 132 cm³/mol. The van der Waals surface area contributed by atoms with Crippen molar-refractivity contribution in [1.82, 2.24) is 25.6 Å². The van der Waals surface area contributed by atoms with E-state index < -0.39 is 15.7 Å². The zero-order chi connectivity index (χ0) is 26.0. The Morgan fingerprint density at radius 3 is 2.61 bits per heavy atom. The lowest BCUT2D eigenvalue weighted by molar-refractivity contribution is 0.239. The van der Waals surface area contributed by atoms with E-state index in [1.807, 2.05) is 20.8 Å². The molecule has 36 heavy (non-hydrogen) atoms. The number of hydroxylamine groups is 1. The summed E-state index contributed by atoms with van der Waals surface area (Å²) in [7, 11) is -3.52. The first-order chi connectivity index (χ1) is 17.0. The number of piperidine rings is 1. The van der Waals surface area contributed by atoms with Crippen LogP contribution in [0.2, 0.25) is 0 Å². The van der Waals surface area contributed by atoms with Gasteiger partial charge in [0, 0.05) is 36.7 Å². The zero-order valence-electron chi connectivity index (χ0n) is 20.7. The fourth-order valence-electron chi connectivity index (χ4n) is 3.97. The van der Waals surface area contributed by atoms with E-state index in [4.69, 9.17) is 9.36 Å². The molecular formula is C24H29FN6O4S. The molecule has 3 aromatic rings. The molecule has 1 aliphatic rings. The highest BCUT2D eigenvalue weighted by molar-refractivity contribution is 7.90. The van der Waals surface area contributed by atoms with E-state index in [0.29, 0.717) is 11.5 Å². The number of hydrogen-bond donors (Lipinski definition) is 1. The number of nitrogens with zero attached hydrogens (tertiary/aromatic N) is 5. The third kappa shape index (κ3) is 5.48. The maximum atomic E-state index is 14.5. The van der Waals surface area contributed by atoms with Crippen molar-refractivity contribution in [3.63, 3.8) is 0 Å². The van der Waals surface area contributed by atoms with E-state index in [0.717, 1.165) is 49.9 Å². The minimum atomic E-state index is -3.52. The molecular weight excluding hydrogens is 487 g/mol. The van der Waals surface area contributed by atoms with Crippen molar-refractivity contribution in [3.05, 3.63) is 59.8 Å². The number of anilines is 1. The number of halogens is 1. The molecule has 0 atom stereocenters. The van der Waals surface area contributed by atoms with Crippen LogP contribution >= 0.6 is 0 Å². The molecule has 3 heterocycles. The second-order valence-electron chi connectivity index (χ2n) is 9.13. The van der Waals surface area contributed by atoms with Gasteiger partial charge in [-0.2, -0.15) is 9.97 Å². The van der Waals surface area contributed by atoms with Crippen molar-refractivity contribution in [1.29, 1.82) is 0 Å². The predicted octanol–water partition coefficient (Wildman–Crippen LogP) is 3.77. The summed E-state index contributed by atoms with van der Waals surface area (Å²) in [5.41, 5.74) is 3.52. The molecule has 4 rings (SSSR count). The largest absolute Gasteiger partial charge is 0.361 e. The standard InChI is InChI=1S/C24H29FN6O4S/c1-14(2)21-28-24(35-30-21)17-8-10-31(11-9-17)22-15(3)23(27-13-26-22)34-29-16(4)19-7-6-18(12-20(19)25)36(5,32)33/h6-7,12-14,17,29H,4,8-11H2,1-3,5H3. The van der Waals surface area contributed by atoms with Gasteiger partial charge in [0.15, 0.2) is 15.7 Å². The van der Waals surface area contributed by atoms with Crippen LogP contribution in [0.15, 0.2) is 40.5 Å². The van der Waals surface area contributed by atoms with Crippen molar-refractivity contribution >= 4 is 21.4 Å². The average molecular weight is 517 g/mol. The fourth-order valence-corrected chi connectivity index (χ4v) is 4.60. The lowest BCUT2D eigenvalue weighted by Crippen LogP contribution is -2.34. The van der Waals surface area contributed by atoms with Crippen LogP contribution in [-0.4, -0.2) is 47.9 Å². The number of aromatic nitrogens is 4. The second-order valence-corrected chi connectivity index (χ2v) is 11.1. The van der Waals surface area contributed by atoms with Crippen LogP contribution in [-0.2, 0) is 9.84 Å². The van der Waals surface area contributed by atoms with Crippen LogP contribution in [0.5, 0.6) is 5.88 Å². The van der Waals surface area contributed by atoms with Crippen molar-refractivity contribution in [2.75, 3.05) is 24.2 Å². The highest BCUT2D eigenvalue weighted by Gasteiger charge is 2.27. The summed E-state index contributed by atoms with van der Waals surface area (Å²) in [6.45, 7) is 11.2. The van der Waals surface area contributed by atoms with Gasteiger partial charge in [0.2, 0.25) is 5.89 Å². The molecule has 0 bridgehead atoms.